The predicted octanol–water partition coefficient (Wildman–Crippen LogP) is 15.5. The fourth-order valence-corrected chi connectivity index (χ4v) is 6.38. The number of ether oxygens (including phenoxy) is 3. The van der Waals surface area contributed by atoms with Crippen molar-refractivity contribution in [3.05, 3.63) is 72.9 Å². The Morgan fingerprint density at radius 2 is 0.672 bits per heavy atom. The first-order valence-electron chi connectivity index (χ1n) is 23.9. The highest BCUT2D eigenvalue weighted by atomic mass is 16.6. The average molecular weight is 809 g/mol. The monoisotopic (exact) mass is 809 g/mol. The molecule has 0 aliphatic carbocycles. The van der Waals surface area contributed by atoms with Gasteiger partial charge in [0.05, 0.1) is 0 Å². The highest BCUT2D eigenvalue weighted by Gasteiger charge is 2.19. The maximum Gasteiger partial charge on any atom is 0.306 e. The van der Waals surface area contributed by atoms with Crippen LogP contribution in [0, 0.1) is 0 Å². The van der Waals surface area contributed by atoms with E-state index in [1.165, 1.54) is 64.2 Å². The van der Waals surface area contributed by atoms with E-state index in [0.717, 1.165) is 116 Å². The zero-order valence-electron chi connectivity index (χ0n) is 37.8. The van der Waals surface area contributed by atoms with Crippen molar-refractivity contribution in [2.24, 2.45) is 0 Å². The summed E-state index contributed by atoms with van der Waals surface area (Å²) in [7, 11) is 0. The first-order chi connectivity index (χ1) is 28.5. The smallest absolute Gasteiger partial charge is 0.306 e. The molecule has 0 rings (SSSR count). The molecule has 0 bridgehead atoms. The number of carbonyl (C=O) groups excluding carboxylic acids is 3. The van der Waals surface area contributed by atoms with E-state index >= 15 is 0 Å². The summed E-state index contributed by atoms with van der Waals surface area (Å²) in [6.07, 6.45) is 57.7. The number of carbonyl (C=O) groups is 3. The Hall–Kier alpha value is -3.15. The summed E-state index contributed by atoms with van der Waals surface area (Å²) in [4.78, 5) is 37.5. The Morgan fingerprint density at radius 3 is 1.05 bits per heavy atom. The van der Waals surface area contributed by atoms with Gasteiger partial charge in [-0.1, -0.05) is 203 Å². The Bertz CT molecular complexity index is 1110. The molecule has 0 radical (unpaired) electrons. The van der Waals surface area contributed by atoms with Gasteiger partial charge in [0, 0.05) is 19.3 Å². The molecule has 0 N–H and O–H groups in total. The maximum absolute atomic E-state index is 12.7. The first kappa shape index (κ1) is 54.9. The van der Waals surface area contributed by atoms with Crippen LogP contribution in [0.5, 0.6) is 0 Å². The Balaban J connectivity index is 4.22. The summed E-state index contributed by atoms with van der Waals surface area (Å²) < 4.78 is 16.6. The van der Waals surface area contributed by atoms with Gasteiger partial charge in [-0.3, -0.25) is 14.4 Å². The van der Waals surface area contributed by atoms with Crippen molar-refractivity contribution in [1.82, 2.24) is 0 Å². The molecule has 1 atom stereocenters. The summed E-state index contributed by atoms with van der Waals surface area (Å²) in [5.41, 5.74) is 0. The van der Waals surface area contributed by atoms with Crippen molar-refractivity contribution in [1.29, 1.82) is 0 Å². The molecule has 0 aromatic heterocycles. The van der Waals surface area contributed by atoms with Crippen LogP contribution in [-0.2, 0) is 28.6 Å². The lowest BCUT2D eigenvalue weighted by atomic mass is 10.0. The molecule has 1 unspecified atom stereocenters. The van der Waals surface area contributed by atoms with Crippen molar-refractivity contribution in [3.63, 3.8) is 0 Å². The van der Waals surface area contributed by atoms with Crippen LogP contribution in [0.3, 0.4) is 0 Å². The first-order valence-corrected chi connectivity index (χ1v) is 23.9. The van der Waals surface area contributed by atoms with Crippen LogP contribution in [0.15, 0.2) is 72.9 Å². The van der Waals surface area contributed by atoms with E-state index in [-0.39, 0.29) is 31.1 Å². The number of unbranched alkanes of at least 4 members (excludes halogenated alkanes) is 19. The number of rotatable bonds is 42. The number of allylic oxidation sites excluding steroid dienone is 12. The van der Waals surface area contributed by atoms with Gasteiger partial charge in [-0.25, -0.2) is 0 Å². The highest BCUT2D eigenvalue weighted by Crippen LogP contribution is 2.14. The van der Waals surface area contributed by atoms with Crippen LogP contribution in [0.25, 0.3) is 0 Å². The number of esters is 3. The predicted molar refractivity (Wildman–Crippen MR) is 247 cm³/mol. The molecule has 0 aliphatic heterocycles. The van der Waals surface area contributed by atoms with E-state index in [0.29, 0.717) is 19.3 Å². The lowest BCUT2D eigenvalue weighted by Gasteiger charge is -2.18. The van der Waals surface area contributed by atoms with Gasteiger partial charge < -0.3 is 14.2 Å². The molecule has 0 saturated heterocycles. The zero-order valence-corrected chi connectivity index (χ0v) is 37.8. The normalized spacial score (nSPS) is 12.7. The highest BCUT2D eigenvalue weighted by molar-refractivity contribution is 5.71. The van der Waals surface area contributed by atoms with Crippen LogP contribution < -0.4 is 0 Å². The second-order valence-electron chi connectivity index (χ2n) is 15.6. The van der Waals surface area contributed by atoms with Crippen molar-refractivity contribution >= 4 is 17.9 Å². The quantitative estimate of drug-likeness (QED) is 0.0264. The van der Waals surface area contributed by atoms with E-state index < -0.39 is 6.10 Å². The van der Waals surface area contributed by atoms with Crippen molar-refractivity contribution in [3.8, 4) is 0 Å². The van der Waals surface area contributed by atoms with E-state index in [2.05, 4.69) is 93.7 Å². The number of hydrogen-bond donors (Lipinski definition) is 0. The standard InChI is InChI=1S/C52H88O6/c1-4-7-10-13-15-17-19-21-22-23-24-25-26-27-28-29-30-31-33-34-36-39-42-45-51(54)57-48-49(47-56-50(53)44-41-38-12-9-6-3)58-52(55)46-43-40-37-35-32-20-18-16-14-11-8-5-2/h7,10,15,17,21-22,24-25,27-28,30-31,49H,4-6,8-9,11-14,16,18-20,23,26,29,32-48H2,1-3H3/b10-7-,17-15-,22-21-,25-24-,28-27-,31-30-. The van der Waals surface area contributed by atoms with Crippen LogP contribution >= 0.6 is 0 Å². The molecule has 0 saturated carbocycles. The lowest BCUT2D eigenvalue weighted by molar-refractivity contribution is -0.167. The minimum atomic E-state index is -0.779. The molecule has 0 aromatic carbocycles. The molecule has 6 nitrogen and oxygen atoms in total. The van der Waals surface area contributed by atoms with Gasteiger partial charge >= 0.3 is 17.9 Å². The lowest BCUT2D eigenvalue weighted by Crippen LogP contribution is -2.30. The molecular weight excluding hydrogens is 721 g/mol. The van der Waals surface area contributed by atoms with Crippen molar-refractivity contribution in [2.75, 3.05) is 13.2 Å². The fraction of sp³-hybridized carbons (Fsp3) is 0.712. The van der Waals surface area contributed by atoms with E-state index in [4.69, 9.17) is 14.2 Å². The molecule has 332 valence electrons. The molecule has 0 fully saturated rings. The zero-order chi connectivity index (χ0) is 42.3. The third-order valence-electron chi connectivity index (χ3n) is 9.98. The molecule has 0 heterocycles. The summed E-state index contributed by atoms with van der Waals surface area (Å²) in [6, 6.07) is 0. The molecule has 0 spiro atoms. The van der Waals surface area contributed by atoms with Gasteiger partial charge in [0.1, 0.15) is 13.2 Å². The van der Waals surface area contributed by atoms with E-state index in [1.807, 2.05) is 0 Å². The Kier molecular flexibility index (Phi) is 44.0. The molecule has 58 heavy (non-hydrogen) atoms. The Labute approximate surface area is 357 Å². The van der Waals surface area contributed by atoms with Crippen molar-refractivity contribution in [2.45, 2.75) is 226 Å². The third-order valence-corrected chi connectivity index (χ3v) is 9.98. The minimum absolute atomic E-state index is 0.0835. The molecule has 0 amide bonds. The largest absolute Gasteiger partial charge is 0.462 e. The summed E-state index contributed by atoms with van der Waals surface area (Å²) >= 11 is 0. The average Bonchev–Trinajstić information content (AvgIpc) is 3.22. The van der Waals surface area contributed by atoms with Gasteiger partial charge in [0.25, 0.3) is 0 Å². The second-order valence-corrected chi connectivity index (χ2v) is 15.6. The SMILES string of the molecule is CC/C=C\C/C=C\C/C=C\C/C=C\C/C=C\C/C=C\CCCCCCC(=O)OCC(COC(=O)CCCCCCC)OC(=O)CCCCCCCCCCCCCC. The Morgan fingerprint density at radius 1 is 0.362 bits per heavy atom. The summed E-state index contributed by atoms with van der Waals surface area (Å²) in [6.45, 7) is 6.40. The molecule has 0 aromatic rings. The maximum atomic E-state index is 12.7. The second kappa shape index (κ2) is 46.5. The van der Waals surface area contributed by atoms with E-state index in [9.17, 15) is 14.4 Å². The summed E-state index contributed by atoms with van der Waals surface area (Å²) in [5, 5.41) is 0. The van der Waals surface area contributed by atoms with Gasteiger partial charge in [-0.15, -0.1) is 0 Å². The van der Waals surface area contributed by atoms with Gasteiger partial charge in [0.2, 0.25) is 0 Å². The van der Waals surface area contributed by atoms with Crippen LogP contribution in [-0.4, -0.2) is 37.2 Å². The van der Waals surface area contributed by atoms with Crippen LogP contribution in [0.1, 0.15) is 220 Å². The minimum Gasteiger partial charge on any atom is -0.462 e. The summed E-state index contributed by atoms with van der Waals surface area (Å²) in [5.74, 6) is -0.925. The van der Waals surface area contributed by atoms with Gasteiger partial charge in [-0.2, -0.15) is 0 Å². The van der Waals surface area contributed by atoms with E-state index in [1.54, 1.807) is 0 Å². The van der Waals surface area contributed by atoms with Crippen LogP contribution in [0.4, 0.5) is 0 Å². The van der Waals surface area contributed by atoms with Gasteiger partial charge in [-0.05, 0) is 70.6 Å². The topological polar surface area (TPSA) is 78.9 Å². The third kappa shape index (κ3) is 44.0. The number of hydrogen-bond acceptors (Lipinski definition) is 6. The molecular formula is C52H88O6. The van der Waals surface area contributed by atoms with Crippen LogP contribution in [0.2, 0.25) is 0 Å². The molecule has 6 heteroatoms. The molecule has 0 aliphatic rings. The van der Waals surface area contributed by atoms with Gasteiger partial charge in [0.15, 0.2) is 6.10 Å². The van der Waals surface area contributed by atoms with Crippen molar-refractivity contribution < 1.29 is 28.6 Å². The fourth-order valence-electron chi connectivity index (χ4n) is 6.38.